The van der Waals surface area contributed by atoms with Crippen molar-refractivity contribution in [3.05, 3.63) is 0 Å². The molecule has 0 aromatic rings. The summed E-state index contributed by atoms with van der Waals surface area (Å²) in [6, 6.07) is -0.803. The van der Waals surface area contributed by atoms with Crippen LogP contribution in [-0.2, 0) is 19.6 Å². The molecule has 1 amide bonds. The first kappa shape index (κ1) is 13.3. The molecular formula is C10H16N2O5S. The van der Waals surface area contributed by atoms with Gasteiger partial charge in [0, 0.05) is 13.1 Å². The van der Waals surface area contributed by atoms with Gasteiger partial charge in [-0.1, -0.05) is 0 Å². The number of carboxylic acids is 1. The lowest BCUT2D eigenvalue weighted by molar-refractivity contribution is -0.148. The quantitative estimate of drug-likeness (QED) is 0.720. The Hall–Kier alpha value is -1.15. The maximum atomic E-state index is 12.0. The number of carbonyl (C=O) groups excluding carboxylic acids is 1. The van der Waals surface area contributed by atoms with E-state index in [0.29, 0.717) is 32.4 Å². The van der Waals surface area contributed by atoms with Crippen LogP contribution in [0.1, 0.15) is 19.3 Å². The molecule has 102 valence electrons. The fourth-order valence-electron chi connectivity index (χ4n) is 2.43. The number of carbonyl (C=O) groups is 2. The number of sulfonamides is 1. The molecule has 0 aromatic heterocycles. The molecule has 1 atom stereocenters. The number of hydrogen-bond acceptors (Lipinski definition) is 4. The van der Waals surface area contributed by atoms with Crippen molar-refractivity contribution in [1.82, 2.24) is 9.21 Å². The minimum absolute atomic E-state index is 0.0721. The Morgan fingerprint density at radius 2 is 1.94 bits per heavy atom. The van der Waals surface area contributed by atoms with Gasteiger partial charge in [-0.3, -0.25) is 4.79 Å². The van der Waals surface area contributed by atoms with Crippen molar-refractivity contribution in [3.63, 3.8) is 0 Å². The molecule has 0 aromatic carbocycles. The van der Waals surface area contributed by atoms with E-state index in [1.165, 1.54) is 4.90 Å². The highest BCUT2D eigenvalue weighted by Gasteiger charge is 2.37. The van der Waals surface area contributed by atoms with E-state index in [2.05, 4.69) is 0 Å². The molecule has 2 aliphatic rings. The lowest BCUT2D eigenvalue weighted by Gasteiger charge is -2.23. The molecule has 0 bridgehead atoms. The molecule has 1 unspecified atom stereocenters. The average Bonchev–Trinajstić information content (AvgIpc) is 2.86. The summed E-state index contributed by atoms with van der Waals surface area (Å²) >= 11 is 0. The van der Waals surface area contributed by atoms with Gasteiger partial charge in [-0.25, -0.2) is 13.2 Å². The van der Waals surface area contributed by atoms with Gasteiger partial charge in [-0.2, -0.15) is 4.31 Å². The minimum Gasteiger partial charge on any atom is -0.480 e. The molecule has 7 nitrogen and oxygen atoms in total. The Balaban J connectivity index is 2.02. The number of rotatable bonds is 3. The zero-order chi connectivity index (χ0) is 13.3. The van der Waals surface area contributed by atoms with E-state index in [9.17, 15) is 18.0 Å². The van der Waals surface area contributed by atoms with Crippen LogP contribution in [0, 0.1) is 0 Å². The van der Waals surface area contributed by atoms with E-state index < -0.39 is 27.9 Å². The van der Waals surface area contributed by atoms with Crippen LogP contribution < -0.4 is 0 Å². The van der Waals surface area contributed by atoms with Gasteiger partial charge in [0.05, 0.1) is 12.3 Å². The van der Waals surface area contributed by atoms with Gasteiger partial charge in [0.15, 0.2) is 0 Å². The van der Waals surface area contributed by atoms with E-state index in [1.54, 1.807) is 0 Å². The first-order valence-electron chi connectivity index (χ1n) is 5.92. The summed E-state index contributed by atoms with van der Waals surface area (Å²) in [6.45, 7) is 0.509. The molecule has 2 rings (SSSR count). The molecule has 1 N–H and O–H groups in total. The monoisotopic (exact) mass is 276 g/mol. The summed E-state index contributed by atoms with van der Waals surface area (Å²) in [5, 5.41) is 8.97. The second-order valence-electron chi connectivity index (χ2n) is 4.59. The van der Waals surface area contributed by atoms with E-state index in [0.717, 1.165) is 4.31 Å². The van der Waals surface area contributed by atoms with Gasteiger partial charge in [-0.05, 0) is 19.3 Å². The van der Waals surface area contributed by atoms with Crippen LogP contribution in [-0.4, -0.2) is 66.0 Å². The van der Waals surface area contributed by atoms with Crippen LogP contribution in [0.2, 0.25) is 0 Å². The topological polar surface area (TPSA) is 95.0 Å². The second kappa shape index (κ2) is 4.85. The molecule has 2 heterocycles. The van der Waals surface area contributed by atoms with Crippen molar-refractivity contribution in [2.45, 2.75) is 25.3 Å². The van der Waals surface area contributed by atoms with Crippen molar-refractivity contribution in [3.8, 4) is 0 Å². The normalized spacial score (nSPS) is 27.6. The molecule has 2 fully saturated rings. The van der Waals surface area contributed by atoms with Crippen LogP contribution in [0.15, 0.2) is 0 Å². The smallest absolute Gasteiger partial charge is 0.326 e. The van der Waals surface area contributed by atoms with Gasteiger partial charge in [0.2, 0.25) is 15.9 Å². The maximum Gasteiger partial charge on any atom is 0.326 e. The Morgan fingerprint density at radius 3 is 2.50 bits per heavy atom. The molecule has 2 aliphatic heterocycles. The zero-order valence-corrected chi connectivity index (χ0v) is 10.7. The molecular weight excluding hydrogens is 260 g/mol. The Kier molecular flexibility index (Phi) is 3.58. The van der Waals surface area contributed by atoms with Crippen LogP contribution in [0.5, 0.6) is 0 Å². The molecule has 0 spiro atoms. The Labute approximate surface area is 105 Å². The van der Waals surface area contributed by atoms with E-state index in [-0.39, 0.29) is 12.3 Å². The summed E-state index contributed by atoms with van der Waals surface area (Å²) in [6.07, 6.45) is 1.61. The molecule has 0 saturated carbocycles. The minimum atomic E-state index is -3.31. The fraction of sp³-hybridized carbons (Fsp3) is 0.800. The highest BCUT2D eigenvalue weighted by Crippen LogP contribution is 2.19. The number of aliphatic carboxylic acids is 1. The van der Waals surface area contributed by atoms with Crippen molar-refractivity contribution in [1.29, 1.82) is 0 Å². The molecule has 0 aliphatic carbocycles. The van der Waals surface area contributed by atoms with E-state index >= 15 is 0 Å². The third kappa shape index (κ3) is 2.49. The van der Waals surface area contributed by atoms with Gasteiger partial charge in [-0.15, -0.1) is 0 Å². The summed E-state index contributed by atoms with van der Waals surface area (Å²) in [5.41, 5.74) is 0. The van der Waals surface area contributed by atoms with E-state index in [4.69, 9.17) is 5.11 Å². The predicted octanol–water partition coefficient (Wildman–Crippen LogP) is -0.902. The fourth-order valence-corrected chi connectivity index (χ4v) is 3.90. The Bertz CT molecular complexity index is 461. The first-order valence-corrected chi connectivity index (χ1v) is 7.53. The first-order chi connectivity index (χ1) is 8.42. The molecule has 2 saturated heterocycles. The molecule has 18 heavy (non-hydrogen) atoms. The van der Waals surface area contributed by atoms with Gasteiger partial charge in [0.25, 0.3) is 0 Å². The summed E-state index contributed by atoms with van der Waals surface area (Å²) in [7, 11) is -3.31. The van der Waals surface area contributed by atoms with Crippen molar-refractivity contribution < 1.29 is 23.1 Å². The zero-order valence-electron chi connectivity index (χ0n) is 9.91. The second-order valence-corrected chi connectivity index (χ2v) is 6.67. The van der Waals surface area contributed by atoms with Crippen LogP contribution in [0.3, 0.4) is 0 Å². The number of carboxylic acid groups (broad SMARTS) is 1. The SMILES string of the molecule is O=C(O)C1CCCN1C(=O)CN1CCCS1(=O)=O. The average molecular weight is 276 g/mol. The predicted molar refractivity (Wildman–Crippen MR) is 62.3 cm³/mol. The highest BCUT2D eigenvalue weighted by atomic mass is 32.2. The van der Waals surface area contributed by atoms with E-state index in [1.807, 2.05) is 0 Å². The molecule has 0 radical (unpaired) electrons. The third-order valence-corrected chi connectivity index (χ3v) is 5.28. The number of amides is 1. The summed E-state index contributed by atoms with van der Waals surface area (Å²) < 4.78 is 24.3. The van der Waals surface area contributed by atoms with Gasteiger partial charge < -0.3 is 10.0 Å². The largest absolute Gasteiger partial charge is 0.480 e. The van der Waals surface area contributed by atoms with Gasteiger partial charge >= 0.3 is 5.97 Å². The Morgan fingerprint density at radius 1 is 1.22 bits per heavy atom. The number of hydrogen-bond donors (Lipinski definition) is 1. The lowest BCUT2D eigenvalue weighted by Crippen LogP contribution is -2.45. The number of nitrogens with zero attached hydrogens (tertiary/aromatic N) is 2. The number of likely N-dealkylation sites (tertiary alicyclic amines) is 1. The lowest BCUT2D eigenvalue weighted by atomic mass is 10.2. The van der Waals surface area contributed by atoms with Crippen molar-refractivity contribution in [2.24, 2.45) is 0 Å². The molecule has 8 heteroatoms. The summed E-state index contributed by atoms with van der Waals surface area (Å²) in [5.74, 6) is -1.36. The standard InChI is InChI=1S/C10H16N2O5S/c13-9(7-11-4-2-6-18(11,16)17)12-5-1-3-8(12)10(14)15/h8H,1-7H2,(H,14,15). The maximum absolute atomic E-state index is 12.0. The highest BCUT2D eigenvalue weighted by molar-refractivity contribution is 7.89. The van der Waals surface area contributed by atoms with Gasteiger partial charge in [0.1, 0.15) is 6.04 Å². The van der Waals surface area contributed by atoms with Crippen LogP contribution in [0.25, 0.3) is 0 Å². The van der Waals surface area contributed by atoms with Crippen molar-refractivity contribution in [2.75, 3.05) is 25.4 Å². The van der Waals surface area contributed by atoms with Crippen LogP contribution in [0.4, 0.5) is 0 Å². The summed E-state index contributed by atoms with van der Waals surface area (Å²) in [4.78, 5) is 24.2. The van der Waals surface area contributed by atoms with Crippen LogP contribution >= 0.6 is 0 Å². The van der Waals surface area contributed by atoms with Crippen molar-refractivity contribution >= 4 is 21.9 Å². The third-order valence-electron chi connectivity index (χ3n) is 3.37.